The van der Waals surface area contributed by atoms with E-state index in [9.17, 15) is 9.59 Å². The van der Waals surface area contributed by atoms with Gasteiger partial charge in [-0.05, 0) is 37.9 Å². The van der Waals surface area contributed by atoms with Crippen molar-refractivity contribution in [2.75, 3.05) is 26.2 Å². The molecule has 0 aromatic carbocycles. The zero-order valence-corrected chi connectivity index (χ0v) is 13.3. The van der Waals surface area contributed by atoms with E-state index in [1.165, 1.54) is 10.6 Å². The molecule has 0 aliphatic carbocycles. The molecule has 0 spiro atoms. The Hall–Kier alpha value is -1.33. The van der Waals surface area contributed by atoms with Crippen LogP contribution in [0, 0.1) is 5.92 Å². The number of likely N-dealkylation sites (tertiary alicyclic amines) is 1. The molecule has 1 aromatic heterocycles. The van der Waals surface area contributed by atoms with Gasteiger partial charge in [-0.15, -0.1) is 12.4 Å². The molecule has 0 unspecified atom stereocenters. The number of hydrogen-bond acceptors (Lipinski definition) is 3. The highest BCUT2D eigenvalue weighted by Gasteiger charge is 2.22. The molecule has 5 nitrogen and oxygen atoms in total. The van der Waals surface area contributed by atoms with E-state index >= 15 is 0 Å². The fraction of sp³-hybridized carbons (Fsp3) is 0.600. The number of pyridine rings is 1. The summed E-state index contributed by atoms with van der Waals surface area (Å²) in [6.07, 6.45) is 3.75. The lowest BCUT2D eigenvalue weighted by molar-refractivity contribution is -0.133. The third-order valence-electron chi connectivity index (χ3n) is 3.85. The Morgan fingerprint density at radius 2 is 2.05 bits per heavy atom. The first-order chi connectivity index (χ1) is 9.70. The van der Waals surface area contributed by atoms with Crippen LogP contribution in [0.5, 0.6) is 0 Å². The maximum Gasteiger partial charge on any atom is 0.250 e. The van der Waals surface area contributed by atoms with E-state index < -0.39 is 0 Å². The van der Waals surface area contributed by atoms with Crippen molar-refractivity contribution in [3.63, 3.8) is 0 Å². The molecule has 1 N–H and O–H groups in total. The molecule has 2 heterocycles. The number of hydrogen-bond donors (Lipinski definition) is 1. The zero-order valence-electron chi connectivity index (χ0n) is 12.5. The molecule has 1 amide bonds. The standard InChI is InChI=1S/C15H23N3O2.ClH/c1-2-16-11-13-6-9-17(10-7-13)15(20)12-18-8-4-3-5-14(18)19;/h3-5,8,13,16H,2,6-7,9-12H2,1H3;1H. The second kappa shape index (κ2) is 8.85. The molecule has 0 saturated carbocycles. The van der Waals surface area contributed by atoms with E-state index in [1.54, 1.807) is 18.3 Å². The topological polar surface area (TPSA) is 54.3 Å². The average molecular weight is 314 g/mol. The predicted molar refractivity (Wildman–Crippen MR) is 85.8 cm³/mol. The molecule has 1 aliphatic heterocycles. The summed E-state index contributed by atoms with van der Waals surface area (Å²) in [6, 6.07) is 4.95. The second-order valence-electron chi connectivity index (χ2n) is 5.30. The van der Waals surface area contributed by atoms with Crippen molar-refractivity contribution in [1.29, 1.82) is 0 Å². The predicted octanol–water partition coefficient (Wildman–Crippen LogP) is 1.12. The molecule has 118 valence electrons. The van der Waals surface area contributed by atoms with Gasteiger partial charge in [0, 0.05) is 25.4 Å². The normalized spacial score (nSPS) is 15.6. The Labute approximate surface area is 131 Å². The van der Waals surface area contributed by atoms with Gasteiger partial charge in [-0.2, -0.15) is 0 Å². The monoisotopic (exact) mass is 313 g/mol. The summed E-state index contributed by atoms with van der Waals surface area (Å²) in [7, 11) is 0. The van der Waals surface area contributed by atoms with Crippen molar-refractivity contribution in [1.82, 2.24) is 14.8 Å². The number of halogens is 1. The molecule has 0 atom stereocenters. The van der Waals surface area contributed by atoms with Crippen molar-refractivity contribution >= 4 is 18.3 Å². The summed E-state index contributed by atoms with van der Waals surface area (Å²) in [6.45, 7) is 5.90. The smallest absolute Gasteiger partial charge is 0.250 e. The van der Waals surface area contributed by atoms with E-state index in [1.807, 2.05) is 4.90 Å². The van der Waals surface area contributed by atoms with Crippen LogP contribution in [0.15, 0.2) is 29.2 Å². The Kier molecular flexibility index (Phi) is 7.47. The largest absolute Gasteiger partial charge is 0.341 e. The quantitative estimate of drug-likeness (QED) is 0.886. The number of carbonyl (C=O) groups excluding carboxylic acids is 1. The van der Waals surface area contributed by atoms with Gasteiger partial charge in [0.1, 0.15) is 6.54 Å². The summed E-state index contributed by atoms with van der Waals surface area (Å²) >= 11 is 0. The molecule has 1 aliphatic rings. The van der Waals surface area contributed by atoms with Crippen LogP contribution in [0.2, 0.25) is 0 Å². The van der Waals surface area contributed by atoms with Crippen LogP contribution in [0.25, 0.3) is 0 Å². The van der Waals surface area contributed by atoms with E-state index in [2.05, 4.69) is 12.2 Å². The third kappa shape index (κ3) is 5.17. The second-order valence-corrected chi connectivity index (χ2v) is 5.30. The van der Waals surface area contributed by atoms with Crippen molar-refractivity contribution < 1.29 is 4.79 Å². The number of aromatic nitrogens is 1. The van der Waals surface area contributed by atoms with Gasteiger partial charge >= 0.3 is 0 Å². The van der Waals surface area contributed by atoms with Gasteiger partial charge in [0.05, 0.1) is 0 Å². The van der Waals surface area contributed by atoms with Crippen LogP contribution in [-0.2, 0) is 11.3 Å². The van der Waals surface area contributed by atoms with Crippen LogP contribution in [-0.4, -0.2) is 41.6 Å². The van der Waals surface area contributed by atoms with Crippen molar-refractivity contribution in [2.24, 2.45) is 5.92 Å². The van der Waals surface area contributed by atoms with Gasteiger partial charge in [-0.1, -0.05) is 13.0 Å². The number of amides is 1. The first-order valence-corrected chi connectivity index (χ1v) is 7.34. The van der Waals surface area contributed by atoms with Gasteiger partial charge in [0.25, 0.3) is 5.56 Å². The number of rotatable bonds is 5. The van der Waals surface area contributed by atoms with E-state index in [0.29, 0.717) is 5.92 Å². The fourth-order valence-corrected chi connectivity index (χ4v) is 2.57. The maximum atomic E-state index is 12.2. The average Bonchev–Trinajstić information content (AvgIpc) is 2.48. The molecular formula is C15H24ClN3O2. The molecule has 21 heavy (non-hydrogen) atoms. The number of nitrogens with one attached hydrogen (secondary N) is 1. The van der Waals surface area contributed by atoms with Crippen LogP contribution in [0.3, 0.4) is 0 Å². The van der Waals surface area contributed by atoms with Gasteiger partial charge in [-0.25, -0.2) is 0 Å². The Morgan fingerprint density at radius 3 is 2.67 bits per heavy atom. The van der Waals surface area contributed by atoms with Gasteiger partial charge < -0.3 is 14.8 Å². The van der Waals surface area contributed by atoms with E-state index in [4.69, 9.17) is 0 Å². The minimum Gasteiger partial charge on any atom is -0.341 e. The fourth-order valence-electron chi connectivity index (χ4n) is 2.57. The highest BCUT2D eigenvalue weighted by Crippen LogP contribution is 2.16. The first kappa shape index (κ1) is 17.7. The number of nitrogens with zero attached hydrogens (tertiary/aromatic N) is 2. The zero-order chi connectivity index (χ0) is 14.4. The highest BCUT2D eigenvalue weighted by molar-refractivity contribution is 5.85. The van der Waals surface area contributed by atoms with E-state index in [0.717, 1.165) is 39.0 Å². The summed E-state index contributed by atoms with van der Waals surface area (Å²) < 4.78 is 1.47. The molecule has 1 fully saturated rings. The minimum atomic E-state index is -0.122. The molecule has 0 bridgehead atoms. The first-order valence-electron chi connectivity index (χ1n) is 7.34. The third-order valence-corrected chi connectivity index (χ3v) is 3.85. The Morgan fingerprint density at radius 1 is 1.33 bits per heavy atom. The minimum absolute atomic E-state index is 0. The SMILES string of the molecule is CCNCC1CCN(C(=O)Cn2ccccc2=O)CC1.Cl. The van der Waals surface area contributed by atoms with Crippen LogP contribution in [0.1, 0.15) is 19.8 Å². The van der Waals surface area contributed by atoms with E-state index in [-0.39, 0.29) is 30.4 Å². The molecule has 1 saturated heterocycles. The van der Waals surface area contributed by atoms with Crippen LogP contribution >= 0.6 is 12.4 Å². The summed E-state index contributed by atoms with van der Waals surface area (Å²) in [5.74, 6) is 0.707. The Bertz CT molecular complexity index is 496. The lowest BCUT2D eigenvalue weighted by Gasteiger charge is -2.32. The van der Waals surface area contributed by atoms with Crippen LogP contribution < -0.4 is 10.9 Å². The van der Waals surface area contributed by atoms with Gasteiger partial charge in [0.2, 0.25) is 5.91 Å². The van der Waals surface area contributed by atoms with Crippen molar-refractivity contribution in [3.8, 4) is 0 Å². The summed E-state index contributed by atoms with van der Waals surface area (Å²) in [5, 5.41) is 3.36. The lowest BCUT2D eigenvalue weighted by Crippen LogP contribution is -2.43. The molecule has 6 heteroatoms. The highest BCUT2D eigenvalue weighted by atomic mass is 35.5. The molecular weight excluding hydrogens is 290 g/mol. The molecule has 2 rings (SSSR count). The van der Waals surface area contributed by atoms with Gasteiger partial charge in [-0.3, -0.25) is 9.59 Å². The summed E-state index contributed by atoms with van der Waals surface area (Å²) in [5.41, 5.74) is -0.122. The Balaban J connectivity index is 0.00000220. The van der Waals surface area contributed by atoms with Crippen molar-refractivity contribution in [3.05, 3.63) is 34.7 Å². The molecule has 0 radical (unpaired) electrons. The summed E-state index contributed by atoms with van der Waals surface area (Å²) in [4.78, 5) is 25.7. The maximum absolute atomic E-state index is 12.2. The number of piperidine rings is 1. The number of carbonyl (C=O) groups is 1. The van der Waals surface area contributed by atoms with Gasteiger partial charge in [0.15, 0.2) is 0 Å². The lowest BCUT2D eigenvalue weighted by atomic mass is 9.97. The van der Waals surface area contributed by atoms with Crippen LogP contribution in [0.4, 0.5) is 0 Å². The van der Waals surface area contributed by atoms with Crippen molar-refractivity contribution in [2.45, 2.75) is 26.3 Å². The molecule has 1 aromatic rings.